The van der Waals surface area contributed by atoms with Crippen molar-refractivity contribution in [3.8, 4) is 5.69 Å². The maximum absolute atomic E-state index is 6.45. The van der Waals surface area contributed by atoms with E-state index in [9.17, 15) is 0 Å². The molecule has 124 valence electrons. The summed E-state index contributed by atoms with van der Waals surface area (Å²) in [4.78, 5) is 0. The van der Waals surface area contributed by atoms with Crippen molar-refractivity contribution >= 4 is 34.2 Å². The van der Waals surface area contributed by atoms with Gasteiger partial charge in [0.1, 0.15) is 17.4 Å². The van der Waals surface area contributed by atoms with Gasteiger partial charge in [-0.2, -0.15) is 0 Å². The highest BCUT2D eigenvalue weighted by atomic mass is 35.5. The van der Waals surface area contributed by atoms with Gasteiger partial charge in [0.15, 0.2) is 0 Å². The minimum Gasteiger partial charge on any atom is -0.459 e. The molecule has 1 aliphatic rings. The average Bonchev–Trinajstić information content (AvgIpc) is 3.20. The summed E-state index contributed by atoms with van der Waals surface area (Å²) in [5, 5.41) is 5.97. The first kappa shape index (κ1) is 15.1. The summed E-state index contributed by atoms with van der Waals surface area (Å²) in [5.41, 5.74) is 4.02. The van der Waals surface area contributed by atoms with E-state index >= 15 is 0 Å². The fourth-order valence-electron chi connectivity index (χ4n) is 3.53. The van der Waals surface area contributed by atoms with Crippen molar-refractivity contribution in [3.05, 3.63) is 87.9 Å². The van der Waals surface area contributed by atoms with Gasteiger partial charge in [0.05, 0.1) is 5.69 Å². The number of halogens is 2. The summed E-state index contributed by atoms with van der Waals surface area (Å²) in [6.07, 6.45) is 2.03. The normalized spacial score (nSPS) is 16.5. The van der Waals surface area contributed by atoms with Crippen LogP contribution in [0.15, 0.2) is 65.2 Å². The molecule has 0 amide bonds. The van der Waals surface area contributed by atoms with Crippen molar-refractivity contribution in [3.63, 3.8) is 0 Å². The number of rotatable bonds is 1. The number of para-hydroxylation sites is 1. The molecule has 0 saturated carbocycles. The van der Waals surface area contributed by atoms with Crippen LogP contribution in [0.3, 0.4) is 0 Å². The minimum absolute atomic E-state index is 0.0651. The van der Waals surface area contributed by atoms with E-state index in [-0.39, 0.29) is 6.04 Å². The Balaban J connectivity index is 1.69. The Kier molecular flexibility index (Phi) is 3.42. The first-order chi connectivity index (χ1) is 12.2. The Morgan fingerprint density at radius 3 is 2.80 bits per heavy atom. The molecule has 1 unspecified atom stereocenters. The molecule has 1 aliphatic heterocycles. The molecule has 0 radical (unpaired) electrons. The van der Waals surface area contributed by atoms with Crippen LogP contribution >= 0.6 is 23.2 Å². The van der Waals surface area contributed by atoms with Gasteiger partial charge >= 0.3 is 0 Å². The Morgan fingerprint density at radius 1 is 1.04 bits per heavy atom. The van der Waals surface area contributed by atoms with Crippen LogP contribution in [-0.2, 0) is 6.54 Å². The Hall–Kier alpha value is -2.20. The quantitative estimate of drug-likeness (QED) is 0.465. The van der Waals surface area contributed by atoms with Gasteiger partial charge in [-0.05, 0) is 36.4 Å². The van der Waals surface area contributed by atoms with Gasteiger partial charge in [-0.25, -0.2) is 0 Å². The lowest BCUT2D eigenvalue weighted by Crippen LogP contribution is -2.20. The number of fused-ring (bicyclic) bond motifs is 4. The van der Waals surface area contributed by atoms with Gasteiger partial charge in [0, 0.05) is 39.4 Å². The van der Waals surface area contributed by atoms with Gasteiger partial charge in [-0.3, -0.25) is 5.32 Å². The maximum atomic E-state index is 6.45. The van der Waals surface area contributed by atoms with E-state index in [0.717, 1.165) is 33.7 Å². The third kappa shape index (κ3) is 2.39. The van der Waals surface area contributed by atoms with E-state index in [0.29, 0.717) is 16.6 Å². The van der Waals surface area contributed by atoms with Crippen LogP contribution in [0.5, 0.6) is 0 Å². The zero-order valence-electron chi connectivity index (χ0n) is 13.2. The van der Waals surface area contributed by atoms with Crippen LogP contribution in [-0.4, -0.2) is 4.57 Å². The molecule has 0 spiro atoms. The lowest BCUT2D eigenvalue weighted by molar-refractivity contribution is 0.465. The average molecular weight is 369 g/mol. The second kappa shape index (κ2) is 5.67. The molecular weight excluding hydrogens is 355 g/mol. The molecule has 1 atom stereocenters. The Morgan fingerprint density at radius 2 is 1.92 bits per heavy atom. The van der Waals surface area contributed by atoms with E-state index in [1.54, 1.807) is 6.07 Å². The highest BCUT2D eigenvalue weighted by molar-refractivity contribution is 6.35. The van der Waals surface area contributed by atoms with Crippen LogP contribution in [0.2, 0.25) is 10.0 Å². The summed E-state index contributed by atoms with van der Waals surface area (Å²) in [7, 11) is 0. The topological polar surface area (TPSA) is 30.1 Å². The van der Waals surface area contributed by atoms with E-state index in [2.05, 4.69) is 28.1 Å². The highest BCUT2D eigenvalue weighted by Gasteiger charge is 2.26. The van der Waals surface area contributed by atoms with Gasteiger partial charge in [0.25, 0.3) is 0 Å². The SMILES string of the molecule is Clc1cc(Cl)c2c(c1)-n1cccc1C(c1cc3ccccc3o1)NC2. The summed E-state index contributed by atoms with van der Waals surface area (Å²) in [5.74, 6) is 0.885. The summed E-state index contributed by atoms with van der Waals surface area (Å²) < 4.78 is 8.24. The van der Waals surface area contributed by atoms with Crippen molar-refractivity contribution in [2.45, 2.75) is 12.6 Å². The van der Waals surface area contributed by atoms with E-state index in [1.165, 1.54) is 0 Å². The van der Waals surface area contributed by atoms with Gasteiger partial charge in [0.2, 0.25) is 0 Å². The number of benzene rings is 2. The molecule has 0 bridgehead atoms. The molecule has 3 heterocycles. The minimum atomic E-state index is -0.0651. The Labute approximate surface area is 154 Å². The lowest BCUT2D eigenvalue weighted by Gasteiger charge is -2.15. The Bertz CT molecular complexity index is 1060. The first-order valence-corrected chi connectivity index (χ1v) is 8.84. The van der Waals surface area contributed by atoms with Gasteiger partial charge in [-0.15, -0.1) is 0 Å². The lowest BCUT2D eigenvalue weighted by atomic mass is 10.1. The number of hydrogen-bond acceptors (Lipinski definition) is 2. The van der Waals surface area contributed by atoms with Crippen molar-refractivity contribution in [1.29, 1.82) is 0 Å². The summed E-state index contributed by atoms with van der Waals surface area (Å²) in [6, 6.07) is 17.9. The van der Waals surface area contributed by atoms with Gasteiger partial charge < -0.3 is 8.98 Å². The molecule has 5 rings (SSSR count). The van der Waals surface area contributed by atoms with Crippen LogP contribution in [0, 0.1) is 0 Å². The number of nitrogens with one attached hydrogen (secondary N) is 1. The zero-order chi connectivity index (χ0) is 17.0. The number of hydrogen-bond donors (Lipinski definition) is 1. The molecule has 25 heavy (non-hydrogen) atoms. The van der Waals surface area contributed by atoms with Crippen LogP contribution < -0.4 is 5.32 Å². The van der Waals surface area contributed by atoms with Gasteiger partial charge in [-0.1, -0.05) is 41.4 Å². The third-order valence-corrected chi connectivity index (χ3v) is 5.24. The second-order valence-electron chi connectivity index (χ2n) is 6.19. The maximum Gasteiger partial charge on any atom is 0.134 e. The second-order valence-corrected chi connectivity index (χ2v) is 7.03. The molecule has 2 aromatic heterocycles. The molecule has 0 fully saturated rings. The molecule has 1 N–H and O–H groups in total. The third-order valence-electron chi connectivity index (χ3n) is 4.68. The van der Waals surface area contributed by atoms with Crippen LogP contribution in [0.1, 0.15) is 23.1 Å². The molecule has 4 aromatic rings. The van der Waals surface area contributed by atoms with Crippen LogP contribution in [0.25, 0.3) is 16.7 Å². The van der Waals surface area contributed by atoms with E-state index in [1.807, 2.05) is 36.5 Å². The molecule has 0 aliphatic carbocycles. The predicted octanol–water partition coefficient (Wildman–Crippen LogP) is 5.72. The number of aromatic nitrogens is 1. The number of furan rings is 1. The van der Waals surface area contributed by atoms with Crippen molar-refractivity contribution < 1.29 is 4.42 Å². The van der Waals surface area contributed by atoms with Crippen molar-refractivity contribution in [2.75, 3.05) is 0 Å². The molecule has 2 aromatic carbocycles. The standard InChI is InChI=1S/C20H14Cl2N2O/c21-13-9-15(22)14-11-23-20(16-5-3-7-24(16)17(14)10-13)19-8-12-4-1-2-6-18(12)25-19/h1-10,20,23H,11H2. The first-order valence-electron chi connectivity index (χ1n) is 8.08. The fraction of sp³-hybridized carbons (Fsp3) is 0.100. The summed E-state index contributed by atoms with van der Waals surface area (Å²) in [6.45, 7) is 0.634. The van der Waals surface area contributed by atoms with E-state index in [4.69, 9.17) is 27.6 Å². The molecular formula is C20H14Cl2N2O. The molecule has 5 heteroatoms. The molecule has 0 saturated heterocycles. The largest absolute Gasteiger partial charge is 0.459 e. The predicted molar refractivity (Wildman–Crippen MR) is 101 cm³/mol. The highest BCUT2D eigenvalue weighted by Crippen LogP contribution is 2.36. The monoisotopic (exact) mass is 368 g/mol. The van der Waals surface area contributed by atoms with E-state index < -0.39 is 0 Å². The van der Waals surface area contributed by atoms with Crippen LogP contribution in [0.4, 0.5) is 0 Å². The number of nitrogens with zero attached hydrogens (tertiary/aromatic N) is 1. The van der Waals surface area contributed by atoms with Crippen molar-refractivity contribution in [1.82, 2.24) is 9.88 Å². The zero-order valence-corrected chi connectivity index (χ0v) is 14.7. The van der Waals surface area contributed by atoms with Crippen molar-refractivity contribution in [2.24, 2.45) is 0 Å². The summed E-state index contributed by atoms with van der Waals surface area (Å²) >= 11 is 12.7. The smallest absolute Gasteiger partial charge is 0.134 e. The fourth-order valence-corrected chi connectivity index (χ4v) is 4.08. The molecule has 3 nitrogen and oxygen atoms in total.